The zero-order valence-corrected chi connectivity index (χ0v) is 23.4. The molecule has 0 N–H and O–H groups in total. The number of fused-ring (bicyclic) bond motifs is 1. The number of ether oxygens (including phenoxy) is 3. The molecule has 2 rings (SSSR count). The maximum absolute atomic E-state index is 13.1. The highest BCUT2D eigenvalue weighted by Gasteiger charge is 2.69. The van der Waals surface area contributed by atoms with E-state index in [0.717, 1.165) is 12.8 Å². The molecule has 1 aliphatic heterocycles. The Morgan fingerprint density at radius 1 is 1.25 bits per heavy atom. The van der Waals surface area contributed by atoms with Gasteiger partial charge in [-0.05, 0) is 19.3 Å². The van der Waals surface area contributed by atoms with E-state index in [4.69, 9.17) is 25.8 Å². The minimum absolute atomic E-state index is 0.0300. The van der Waals surface area contributed by atoms with Crippen molar-refractivity contribution in [1.29, 1.82) is 0 Å². The first kappa shape index (κ1) is 30.5. The van der Waals surface area contributed by atoms with Gasteiger partial charge in [0.15, 0.2) is 11.4 Å². The number of carbonyl (C=O) groups is 3. The van der Waals surface area contributed by atoms with Crippen LogP contribution in [0.1, 0.15) is 85.0 Å². The fourth-order valence-electron chi connectivity index (χ4n) is 5.00. The van der Waals surface area contributed by atoms with Crippen LogP contribution in [0.15, 0.2) is 23.3 Å². The summed E-state index contributed by atoms with van der Waals surface area (Å²) in [7, 11) is 3.46. The summed E-state index contributed by atoms with van der Waals surface area (Å²) in [5.74, 6) is -1.10. The van der Waals surface area contributed by atoms with Crippen LogP contribution in [0.5, 0.6) is 0 Å². The van der Waals surface area contributed by atoms with Crippen molar-refractivity contribution in [1.82, 2.24) is 4.90 Å². The van der Waals surface area contributed by atoms with Crippen molar-refractivity contribution < 1.29 is 28.6 Å². The number of esters is 1. The van der Waals surface area contributed by atoms with Crippen molar-refractivity contribution in [2.24, 2.45) is 5.92 Å². The Morgan fingerprint density at radius 3 is 2.61 bits per heavy atom. The van der Waals surface area contributed by atoms with E-state index in [1.54, 1.807) is 26.0 Å². The van der Waals surface area contributed by atoms with Gasteiger partial charge in [0.05, 0.1) is 12.0 Å². The molecule has 7 nitrogen and oxygen atoms in total. The fraction of sp³-hybridized carbons (Fsp3) is 0.750. The Hall–Kier alpha value is -1.70. The van der Waals surface area contributed by atoms with E-state index in [2.05, 4.69) is 13.0 Å². The number of carbonyl (C=O) groups excluding carboxylic acids is 3. The first-order valence-electron chi connectivity index (χ1n) is 13.3. The van der Waals surface area contributed by atoms with Crippen LogP contribution < -0.4 is 0 Å². The number of likely N-dealkylation sites (N-methyl/N-ethyl adjacent to an activating group) is 1. The van der Waals surface area contributed by atoms with Crippen LogP contribution in [0.4, 0.5) is 0 Å². The molecule has 5 unspecified atom stereocenters. The Labute approximate surface area is 221 Å². The molecule has 0 aromatic rings. The van der Waals surface area contributed by atoms with Crippen LogP contribution in [0.3, 0.4) is 0 Å². The quantitative estimate of drug-likeness (QED) is 0.117. The minimum Gasteiger partial charge on any atom is -0.462 e. The molecular weight excluding hydrogens is 482 g/mol. The second-order valence-corrected chi connectivity index (χ2v) is 10.3. The molecule has 0 radical (unpaired) electrons. The Kier molecular flexibility index (Phi) is 12.6. The molecule has 0 spiro atoms. The highest BCUT2D eigenvalue weighted by atomic mass is 35.5. The van der Waals surface area contributed by atoms with Crippen molar-refractivity contribution in [2.45, 2.75) is 109 Å². The molecule has 204 valence electrons. The van der Waals surface area contributed by atoms with E-state index in [1.165, 1.54) is 44.6 Å². The van der Waals surface area contributed by atoms with E-state index >= 15 is 0 Å². The zero-order valence-electron chi connectivity index (χ0n) is 22.6. The molecule has 1 saturated carbocycles. The Bertz CT molecular complexity index is 812. The van der Waals surface area contributed by atoms with Crippen LogP contribution in [-0.2, 0) is 28.6 Å². The summed E-state index contributed by atoms with van der Waals surface area (Å²) in [5.41, 5.74) is 0.812. The SMILES string of the molecule is CCCCCCCC(CC=CCCC(=O)N(C)CC(=CCl)C12OC1CC(OC(C)=O)C(C)C2=O)OC. The first-order chi connectivity index (χ1) is 17.2. The number of halogens is 1. The third kappa shape index (κ3) is 8.15. The van der Waals surface area contributed by atoms with Gasteiger partial charge < -0.3 is 19.1 Å². The number of hydrogen-bond acceptors (Lipinski definition) is 6. The standard InChI is InChI=1S/C28H44ClNO6/c1-6-7-8-9-11-14-23(34-5)15-12-10-13-16-26(32)30(4)19-22(18-29)28-25(36-28)17-24(35-21(3)31)20(2)27(28)33/h10,12,18,20,23-25H,6-9,11,13-17,19H2,1-5H3. The van der Waals surface area contributed by atoms with Gasteiger partial charge in [0, 0.05) is 51.6 Å². The maximum atomic E-state index is 13.1. The number of epoxide rings is 1. The summed E-state index contributed by atoms with van der Waals surface area (Å²) in [6, 6.07) is 0. The monoisotopic (exact) mass is 525 g/mol. The summed E-state index contributed by atoms with van der Waals surface area (Å²) in [6.45, 7) is 5.50. The van der Waals surface area contributed by atoms with Crippen LogP contribution >= 0.6 is 11.6 Å². The van der Waals surface area contributed by atoms with Crippen molar-refractivity contribution in [3.63, 3.8) is 0 Å². The normalized spacial score (nSPS) is 26.6. The molecule has 1 heterocycles. The summed E-state index contributed by atoms with van der Waals surface area (Å²) in [5, 5.41) is 0. The number of rotatable bonds is 16. The number of methoxy groups -OCH3 is 1. The molecule has 2 aliphatic rings. The molecule has 5 atom stereocenters. The third-order valence-corrected chi connectivity index (χ3v) is 7.58. The average Bonchev–Trinajstić information content (AvgIpc) is 3.58. The van der Waals surface area contributed by atoms with E-state index in [-0.39, 0.29) is 30.4 Å². The van der Waals surface area contributed by atoms with Crippen molar-refractivity contribution in [3.05, 3.63) is 23.3 Å². The van der Waals surface area contributed by atoms with Gasteiger partial charge in [-0.15, -0.1) is 0 Å². The summed E-state index contributed by atoms with van der Waals surface area (Å²) < 4.78 is 16.7. The topological polar surface area (TPSA) is 85.4 Å². The highest BCUT2D eigenvalue weighted by molar-refractivity contribution is 6.26. The van der Waals surface area contributed by atoms with Gasteiger partial charge in [0.25, 0.3) is 0 Å². The zero-order chi connectivity index (χ0) is 26.7. The number of nitrogens with zero attached hydrogens (tertiary/aromatic N) is 1. The summed E-state index contributed by atoms with van der Waals surface area (Å²) >= 11 is 6.11. The van der Waals surface area contributed by atoms with Crippen molar-refractivity contribution in [2.75, 3.05) is 20.7 Å². The van der Waals surface area contributed by atoms with Gasteiger partial charge in [0.2, 0.25) is 5.91 Å². The highest BCUT2D eigenvalue weighted by Crippen LogP contribution is 2.52. The number of amides is 1. The second kappa shape index (κ2) is 14.9. The molecule has 8 heteroatoms. The molecule has 0 aromatic carbocycles. The van der Waals surface area contributed by atoms with E-state index in [1.807, 2.05) is 6.08 Å². The molecule has 2 fully saturated rings. The second-order valence-electron chi connectivity index (χ2n) is 10.1. The molecule has 36 heavy (non-hydrogen) atoms. The van der Waals surface area contributed by atoms with Crippen molar-refractivity contribution >= 4 is 29.3 Å². The predicted molar refractivity (Wildman–Crippen MR) is 141 cm³/mol. The largest absolute Gasteiger partial charge is 0.462 e. The Balaban J connectivity index is 1.78. The van der Waals surface area contributed by atoms with E-state index < -0.39 is 23.6 Å². The lowest BCUT2D eigenvalue weighted by Crippen LogP contribution is -2.48. The number of allylic oxidation sites excluding steroid dienone is 1. The molecule has 1 aliphatic carbocycles. The lowest BCUT2D eigenvalue weighted by molar-refractivity contribution is -0.152. The minimum atomic E-state index is -1.11. The van der Waals surface area contributed by atoms with Crippen LogP contribution in [0, 0.1) is 5.92 Å². The smallest absolute Gasteiger partial charge is 0.302 e. The van der Waals surface area contributed by atoms with E-state index in [0.29, 0.717) is 24.8 Å². The molecule has 1 saturated heterocycles. The van der Waals surface area contributed by atoms with Crippen LogP contribution in [0.2, 0.25) is 0 Å². The number of ketones is 1. The van der Waals surface area contributed by atoms with Gasteiger partial charge >= 0.3 is 5.97 Å². The van der Waals surface area contributed by atoms with Crippen LogP contribution in [0.25, 0.3) is 0 Å². The molecule has 0 aromatic heterocycles. The summed E-state index contributed by atoms with van der Waals surface area (Å²) in [6.07, 6.45) is 13.1. The van der Waals surface area contributed by atoms with Gasteiger partial charge in [-0.2, -0.15) is 0 Å². The lowest BCUT2D eigenvalue weighted by atomic mass is 9.75. The van der Waals surface area contributed by atoms with Gasteiger partial charge in [-0.1, -0.05) is 69.7 Å². The van der Waals surface area contributed by atoms with Gasteiger partial charge in [-0.25, -0.2) is 0 Å². The molecule has 1 amide bonds. The van der Waals surface area contributed by atoms with Crippen LogP contribution in [-0.4, -0.2) is 67.2 Å². The molecule has 0 bridgehead atoms. The van der Waals surface area contributed by atoms with Gasteiger partial charge in [0.1, 0.15) is 12.2 Å². The lowest BCUT2D eigenvalue weighted by Gasteiger charge is -2.31. The van der Waals surface area contributed by atoms with E-state index in [9.17, 15) is 14.4 Å². The Morgan fingerprint density at radius 2 is 1.97 bits per heavy atom. The number of hydrogen-bond donors (Lipinski definition) is 0. The summed E-state index contributed by atoms with van der Waals surface area (Å²) in [4.78, 5) is 38.8. The van der Waals surface area contributed by atoms with Crippen molar-refractivity contribution in [3.8, 4) is 0 Å². The molecular formula is C28H44ClNO6. The fourth-order valence-corrected chi connectivity index (χ4v) is 5.23. The average molecular weight is 526 g/mol. The predicted octanol–water partition coefficient (Wildman–Crippen LogP) is 5.35. The first-order valence-corrected chi connectivity index (χ1v) is 13.8. The third-order valence-electron chi connectivity index (χ3n) is 7.32. The number of unbranched alkanes of at least 4 members (excludes halogenated alkanes) is 4. The maximum Gasteiger partial charge on any atom is 0.302 e. The van der Waals surface area contributed by atoms with Gasteiger partial charge in [-0.3, -0.25) is 14.4 Å². The number of Topliss-reactive ketones (excluding diaryl/α,β-unsaturated/α-hetero) is 1.